The molecule has 78 valence electrons. The van der Waals surface area contributed by atoms with E-state index >= 15 is 0 Å². The summed E-state index contributed by atoms with van der Waals surface area (Å²) in [5.41, 5.74) is 2.18. The average molecular weight is 219 g/mol. The summed E-state index contributed by atoms with van der Waals surface area (Å²) in [6.07, 6.45) is 2.79. The molecule has 2 heterocycles. The zero-order chi connectivity index (χ0) is 10.5. The molecule has 0 atom stereocenters. The molecule has 1 N–H and O–H groups in total. The first-order valence-electron chi connectivity index (χ1n) is 4.96. The van der Waals surface area contributed by atoms with E-state index in [1.54, 1.807) is 17.5 Å². The highest BCUT2D eigenvalue weighted by molar-refractivity contribution is 7.13. The minimum Gasteiger partial charge on any atom is -0.356 e. The normalized spacial score (nSPS) is 10.2. The number of hydrogen-bond donors (Lipinski definition) is 1. The van der Waals surface area contributed by atoms with Crippen LogP contribution in [0.1, 0.15) is 18.3 Å². The summed E-state index contributed by atoms with van der Waals surface area (Å²) in [5.74, 6) is 0. The number of aromatic nitrogens is 2. The quantitative estimate of drug-likeness (QED) is 0.859. The lowest BCUT2D eigenvalue weighted by Crippen LogP contribution is -2.00. The number of hydrogen-bond acceptors (Lipinski definition) is 4. The van der Waals surface area contributed by atoms with Gasteiger partial charge in [-0.25, -0.2) is 4.98 Å². The highest BCUT2D eigenvalue weighted by Crippen LogP contribution is 2.16. The predicted molar refractivity (Wildman–Crippen MR) is 63.1 cm³/mol. The summed E-state index contributed by atoms with van der Waals surface area (Å²) in [5, 5.41) is 6.31. The van der Waals surface area contributed by atoms with Gasteiger partial charge in [0.2, 0.25) is 0 Å². The summed E-state index contributed by atoms with van der Waals surface area (Å²) in [7, 11) is 0. The van der Waals surface area contributed by atoms with Crippen molar-refractivity contribution in [2.24, 2.45) is 0 Å². The Kier molecular flexibility index (Phi) is 3.29. The first kappa shape index (κ1) is 10.1. The van der Waals surface area contributed by atoms with Crippen molar-refractivity contribution in [2.75, 3.05) is 5.32 Å². The van der Waals surface area contributed by atoms with Crippen molar-refractivity contribution in [1.82, 2.24) is 9.97 Å². The molecule has 2 aromatic rings. The number of aryl methyl sites for hydroxylation is 1. The topological polar surface area (TPSA) is 37.8 Å². The number of thiazole rings is 1. The Bertz CT molecular complexity index is 411. The molecule has 0 saturated carbocycles. The molecule has 0 amide bonds. The van der Waals surface area contributed by atoms with E-state index in [9.17, 15) is 0 Å². The van der Waals surface area contributed by atoms with Gasteiger partial charge in [-0.2, -0.15) is 0 Å². The second-order valence-corrected chi connectivity index (χ2v) is 4.03. The fourth-order valence-corrected chi connectivity index (χ4v) is 2.01. The third-order valence-electron chi connectivity index (χ3n) is 2.06. The van der Waals surface area contributed by atoms with E-state index in [2.05, 4.69) is 27.6 Å². The number of rotatable bonds is 4. The van der Waals surface area contributed by atoms with Gasteiger partial charge < -0.3 is 5.32 Å². The van der Waals surface area contributed by atoms with Crippen LogP contribution in [0.25, 0.3) is 0 Å². The van der Waals surface area contributed by atoms with Crippen LogP contribution in [0.2, 0.25) is 0 Å². The molecular formula is C11H13N3S. The van der Waals surface area contributed by atoms with Gasteiger partial charge >= 0.3 is 0 Å². The molecule has 0 aliphatic carbocycles. The number of pyridine rings is 1. The molecule has 15 heavy (non-hydrogen) atoms. The maximum Gasteiger partial charge on any atom is 0.183 e. The average Bonchev–Trinajstić information content (AvgIpc) is 2.76. The van der Waals surface area contributed by atoms with Crippen molar-refractivity contribution in [3.63, 3.8) is 0 Å². The van der Waals surface area contributed by atoms with Gasteiger partial charge in [0.1, 0.15) is 0 Å². The minimum atomic E-state index is 0.734. The highest BCUT2D eigenvalue weighted by atomic mass is 32.1. The van der Waals surface area contributed by atoms with Gasteiger partial charge in [-0.05, 0) is 18.6 Å². The highest BCUT2D eigenvalue weighted by Gasteiger charge is 1.99. The van der Waals surface area contributed by atoms with E-state index in [-0.39, 0.29) is 0 Å². The fourth-order valence-electron chi connectivity index (χ4n) is 1.22. The van der Waals surface area contributed by atoms with Crippen LogP contribution in [-0.2, 0) is 13.0 Å². The maximum atomic E-state index is 4.42. The van der Waals surface area contributed by atoms with Crippen LogP contribution >= 0.6 is 11.3 Å². The third-order valence-corrected chi connectivity index (χ3v) is 2.91. The minimum absolute atomic E-state index is 0.734. The molecule has 0 aliphatic rings. The van der Waals surface area contributed by atoms with Gasteiger partial charge in [-0.1, -0.05) is 13.0 Å². The number of nitrogens with one attached hydrogen (secondary N) is 1. The lowest BCUT2D eigenvalue weighted by Gasteiger charge is -2.00. The molecule has 0 radical (unpaired) electrons. The molecule has 0 saturated heterocycles. The van der Waals surface area contributed by atoms with Crippen molar-refractivity contribution >= 4 is 16.5 Å². The monoisotopic (exact) mass is 219 g/mol. The Hall–Kier alpha value is -1.42. The second kappa shape index (κ2) is 4.89. The molecule has 3 nitrogen and oxygen atoms in total. The van der Waals surface area contributed by atoms with Crippen molar-refractivity contribution in [1.29, 1.82) is 0 Å². The van der Waals surface area contributed by atoms with E-state index in [4.69, 9.17) is 0 Å². The Morgan fingerprint density at radius 1 is 1.33 bits per heavy atom. The largest absolute Gasteiger partial charge is 0.356 e. The van der Waals surface area contributed by atoms with Crippen LogP contribution in [-0.4, -0.2) is 9.97 Å². The first-order chi connectivity index (χ1) is 7.38. The van der Waals surface area contributed by atoms with Gasteiger partial charge in [-0.3, -0.25) is 4.98 Å². The Balaban J connectivity index is 1.93. The second-order valence-electron chi connectivity index (χ2n) is 3.17. The summed E-state index contributed by atoms with van der Waals surface area (Å²) >= 11 is 1.64. The first-order valence-corrected chi connectivity index (χ1v) is 5.84. The molecule has 2 rings (SSSR count). The summed E-state index contributed by atoms with van der Waals surface area (Å²) in [4.78, 5) is 8.66. The van der Waals surface area contributed by atoms with Gasteiger partial charge in [0.15, 0.2) is 5.13 Å². The predicted octanol–water partition coefficient (Wildman–Crippen LogP) is 2.71. The summed E-state index contributed by atoms with van der Waals surface area (Å²) in [6, 6.07) is 5.91. The van der Waals surface area contributed by atoms with Crippen molar-refractivity contribution < 1.29 is 0 Å². The third kappa shape index (κ3) is 2.76. The Labute approximate surface area is 93.2 Å². The Morgan fingerprint density at radius 2 is 2.27 bits per heavy atom. The molecule has 0 aliphatic heterocycles. The van der Waals surface area contributed by atoms with E-state index in [1.807, 2.05) is 18.2 Å². The van der Waals surface area contributed by atoms with E-state index in [1.165, 1.54) is 0 Å². The van der Waals surface area contributed by atoms with Crippen LogP contribution in [0.15, 0.2) is 29.8 Å². The van der Waals surface area contributed by atoms with Gasteiger partial charge in [-0.15, -0.1) is 11.3 Å². The molecule has 2 aromatic heterocycles. The van der Waals surface area contributed by atoms with Crippen LogP contribution in [0.3, 0.4) is 0 Å². The molecule has 0 fully saturated rings. The van der Waals surface area contributed by atoms with Crippen LogP contribution in [0.4, 0.5) is 5.13 Å². The lowest BCUT2D eigenvalue weighted by atomic mass is 10.3. The molecule has 4 heteroatoms. The van der Waals surface area contributed by atoms with E-state index in [0.29, 0.717) is 0 Å². The lowest BCUT2D eigenvalue weighted by molar-refractivity contribution is 1.02. The zero-order valence-corrected chi connectivity index (χ0v) is 9.42. The van der Waals surface area contributed by atoms with Gasteiger partial charge in [0.05, 0.1) is 17.9 Å². The van der Waals surface area contributed by atoms with Crippen molar-refractivity contribution in [2.45, 2.75) is 19.9 Å². The molecule has 0 unspecified atom stereocenters. The van der Waals surface area contributed by atoms with Gasteiger partial charge in [0.25, 0.3) is 0 Å². The molecular weight excluding hydrogens is 206 g/mol. The van der Waals surface area contributed by atoms with Crippen molar-refractivity contribution in [3.05, 3.63) is 41.2 Å². The van der Waals surface area contributed by atoms with Crippen LogP contribution in [0.5, 0.6) is 0 Å². The molecule has 0 spiro atoms. The van der Waals surface area contributed by atoms with E-state index < -0.39 is 0 Å². The van der Waals surface area contributed by atoms with Crippen LogP contribution < -0.4 is 5.32 Å². The maximum absolute atomic E-state index is 4.42. The summed E-state index contributed by atoms with van der Waals surface area (Å²) in [6.45, 7) is 2.84. The molecule has 0 aromatic carbocycles. The SMILES string of the molecule is CCc1csc(NCc2ccccn2)n1. The number of anilines is 1. The standard InChI is InChI=1S/C11H13N3S/c1-2-9-8-15-11(14-9)13-7-10-5-3-4-6-12-10/h3-6,8H,2,7H2,1H3,(H,13,14). The molecule has 0 bridgehead atoms. The number of nitrogens with zero attached hydrogens (tertiary/aromatic N) is 2. The van der Waals surface area contributed by atoms with Crippen molar-refractivity contribution in [3.8, 4) is 0 Å². The Morgan fingerprint density at radius 3 is 2.93 bits per heavy atom. The summed E-state index contributed by atoms with van der Waals surface area (Å²) < 4.78 is 0. The van der Waals surface area contributed by atoms with Gasteiger partial charge in [0, 0.05) is 11.6 Å². The van der Waals surface area contributed by atoms with Crippen LogP contribution in [0, 0.1) is 0 Å². The smallest absolute Gasteiger partial charge is 0.183 e. The van der Waals surface area contributed by atoms with E-state index in [0.717, 1.165) is 29.5 Å². The fraction of sp³-hybridized carbons (Fsp3) is 0.273. The zero-order valence-electron chi connectivity index (χ0n) is 8.60.